The number of alkyl halides is 3. The number of ether oxygens (including phenoxy) is 1. The highest BCUT2D eigenvalue weighted by molar-refractivity contribution is 5.92. The van der Waals surface area contributed by atoms with Crippen molar-refractivity contribution in [2.45, 2.75) is 25.4 Å². The summed E-state index contributed by atoms with van der Waals surface area (Å²) in [6.07, 6.45) is -2.40. The highest BCUT2D eigenvalue weighted by atomic mass is 19.4. The maximum atomic E-state index is 12.7. The van der Waals surface area contributed by atoms with Gasteiger partial charge in [-0.25, -0.2) is 0 Å². The van der Waals surface area contributed by atoms with E-state index in [9.17, 15) is 22.8 Å². The number of hydrogen-bond donors (Lipinski definition) is 1. The van der Waals surface area contributed by atoms with E-state index in [1.54, 1.807) is 0 Å². The molecule has 0 saturated carbocycles. The second-order valence-corrected chi connectivity index (χ2v) is 8.65. The van der Waals surface area contributed by atoms with Crippen LogP contribution in [0, 0.1) is 5.92 Å². The van der Waals surface area contributed by atoms with Crippen LogP contribution in [-0.4, -0.2) is 98.3 Å². The Morgan fingerprint density at radius 1 is 0.970 bits per heavy atom. The van der Waals surface area contributed by atoms with Crippen molar-refractivity contribution in [2.24, 2.45) is 5.92 Å². The number of likely N-dealkylation sites (tertiary alicyclic amines) is 1. The van der Waals surface area contributed by atoms with Gasteiger partial charge in [0.25, 0.3) is 0 Å². The summed E-state index contributed by atoms with van der Waals surface area (Å²) >= 11 is 0. The molecule has 184 valence electrons. The van der Waals surface area contributed by atoms with E-state index in [4.69, 9.17) is 0 Å². The highest BCUT2D eigenvalue weighted by Gasteiger charge is 2.29. The molecule has 3 rings (SSSR count). The van der Waals surface area contributed by atoms with Gasteiger partial charge in [0.05, 0.1) is 6.54 Å². The molecule has 7 nitrogen and oxygen atoms in total. The molecular weight excluding hydrogens is 437 g/mol. The fraction of sp³-hybridized carbons (Fsp3) is 0.652. The van der Waals surface area contributed by atoms with Crippen LogP contribution in [0.25, 0.3) is 0 Å². The Labute approximate surface area is 192 Å². The van der Waals surface area contributed by atoms with Crippen LogP contribution in [0.2, 0.25) is 0 Å². The third-order valence-corrected chi connectivity index (χ3v) is 6.11. The van der Waals surface area contributed by atoms with Crippen LogP contribution in [-0.2, 0) is 14.3 Å². The summed E-state index contributed by atoms with van der Waals surface area (Å²) in [6.45, 7) is 4.21. The van der Waals surface area contributed by atoms with Gasteiger partial charge < -0.3 is 19.9 Å². The monoisotopic (exact) mass is 470 g/mol. The average molecular weight is 471 g/mol. The number of rotatable bonds is 9. The van der Waals surface area contributed by atoms with Gasteiger partial charge in [-0.15, -0.1) is 0 Å². The van der Waals surface area contributed by atoms with Gasteiger partial charge in [-0.3, -0.25) is 14.5 Å². The van der Waals surface area contributed by atoms with Crippen LogP contribution in [0.5, 0.6) is 0 Å². The first-order chi connectivity index (χ1) is 15.8. The number of nitrogens with zero attached hydrogens (tertiary/aromatic N) is 3. The largest absolute Gasteiger partial charge is 0.411 e. The molecule has 0 bridgehead atoms. The number of carbonyl (C=O) groups excluding carboxylic acids is 2. The lowest BCUT2D eigenvalue weighted by Crippen LogP contribution is -2.51. The van der Waals surface area contributed by atoms with Crippen molar-refractivity contribution < 1.29 is 27.5 Å². The van der Waals surface area contributed by atoms with Crippen LogP contribution in [0.1, 0.15) is 19.3 Å². The Kier molecular flexibility index (Phi) is 9.52. The summed E-state index contributed by atoms with van der Waals surface area (Å²) < 4.78 is 40.8. The van der Waals surface area contributed by atoms with E-state index in [-0.39, 0.29) is 24.3 Å². The Morgan fingerprint density at radius 3 is 2.24 bits per heavy atom. The fourth-order valence-electron chi connectivity index (χ4n) is 4.20. The number of nitrogens with one attached hydrogen (secondary N) is 1. The maximum Gasteiger partial charge on any atom is 0.411 e. The molecular formula is C23H33F3N4O3. The van der Waals surface area contributed by atoms with Gasteiger partial charge in [-0.05, 0) is 31.4 Å². The Hall–Kier alpha value is -2.17. The molecule has 2 saturated heterocycles. The molecule has 2 amide bonds. The van der Waals surface area contributed by atoms with Gasteiger partial charge in [0.15, 0.2) is 0 Å². The van der Waals surface area contributed by atoms with Gasteiger partial charge in [-0.1, -0.05) is 18.2 Å². The second kappa shape index (κ2) is 12.3. The van der Waals surface area contributed by atoms with Crippen LogP contribution >= 0.6 is 0 Å². The fourth-order valence-corrected chi connectivity index (χ4v) is 4.20. The number of halogens is 3. The summed E-state index contributed by atoms with van der Waals surface area (Å²) in [4.78, 5) is 31.3. The lowest BCUT2D eigenvalue weighted by Gasteiger charge is -2.36. The quantitative estimate of drug-likeness (QED) is 0.562. The van der Waals surface area contributed by atoms with Gasteiger partial charge >= 0.3 is 6.18 Å². The second-order valence-electron chi connectivity index (χ2n) is 8.65. The van der Waals surface area contributed by atoms with Gasteiger partial charge in [-0.2, -0.15) is 13.2 Å². The number of anilines is 1. The van der Waals surface area contributed by atoms with Gasteiger partial charge in [0, 0.05) is 64.0 Å². The van der Waals surface area contributed by atoms with Crippen molar-refractivity contribution in [2.75, 3.05) is 70.9 Å². The van der Waals surface area contributed by atoms with E-state index in [0.29, 0.717) is 45.4 Å². The molecule has 2 aliphatic heterocycles. The summed E-state index contributed by atoms with van der Waals surface area (Å²) in [5.41, 5.74) is 0.786. The third-order valence-electron chi connectivity index (χ3n) is 6.11. The van der Waals surface area contributed by atoms with Crippen molar-refractivity contribution in [1.29, 1.82) is 0 Å². The number of carbonyl (C=O) groups is 2. The maximum absolute atomic E-state index is 12.7. The SMILES string of the molecule is O=C(Nc1ccccc1)C1CCN(C(=O)CN2CCN(CCCOCC(F)(F)F)CC2)CC1. The zero-order valence-corrected chi connectivity index (χ0v) is 18.9. The van der Waals surface area contributed by atoms with Crippen molar-refractivity contribution in [3.63, 3.8) is 0 Å². The van der Waals surface area contributed by atoms with Gasteiger partial charge in [0.1, 0.15) is 6.61 Å². The Morgan fingerprint density at radius 2 is 1.61 bits per heavy atom. The van der Waals surface area contributed by atoms with Crippen LogP contribution < -0.4 is 5.32 Å². The number of para-hydroxylation sites is 1. The van der Waals surface area contributed by atoms with E-state index < -0.39 is 12.8 Å². The molecule has 0 aromatic heterocycles. The van der Waals surface area contributed by atoms with Crippen LogP contribution in [0.15, 0.2) is 30.3 Å². The van der Waals surface area contributed by atoms with Crippen molar-refractivity contribution >= 4 is 17.5 Å². The molecule has 2 aliphatic rings. The predicted octanol–water partition coefficient (Wildman–Crippen LogP) is 2.45. The summed E-state index contributed by atoms with van der Waals surface area (Å²) in [7, 11) is 0. The average Bonchev–Trinajstić information content (AvgIpc) is 2.80. The van der Waals surface area contributed by atoms with E-state index in [1.165, 1.54) is 0 Å². The first kappa shape index (κ1) is 25.5. The zero-order valence-electron chi connectivity index (χ0n) is 18.9. The van der Waals surface area contributed by atoms with E-state index in [0.717, 1.165) is 31.9 Å². The minimum atomic E-state index is -4.28. The topological polar surface area (TPSA) is 65.1 Å². The predicted molar refractivity (Wildman–Crippen MR) is 119 cm³/mol. The van der Waals surface area contributed by atoms with E-state index in [2.05, 4.69) is 19.9 Å². The number of piperidine rings is 1. The van der Waals surface area contributed by atoms with Crippen molar-refractivity contribution in [3.8, 4) is 0 Å². The van der Waals surface area contributed by atoms with Gasteiger partial charge in [0.2, 0.25) is 11.8 Å². The van der Waals surface area contributed by atoms with E-state index in [1.807, 2.05) is 35.2 Å². The molecule has 0 atom stereocenters. The Balaban J connectivity index is 1.28. The minimum Gasteiger partial charge on any atom is -0.372 e. The number of benzene rings is 1. The van der Waals surface area contributed by atoms with E-state index >= 15 is 0 Å². The minimum absolute atomic E-state index is 0.00762. The van der Waals surface area contributed by atoms with Crippen molar-refractivity contribution in [1.82, 2.24) is 14.7 Å². The molecule has 2 fully saturated rings. The molecule has 0 radical (unpaired) electrons. The summed E-state index contributed by atoms with van der Waals surface area (Å²) in [6, 6.07) is 9.38. The van der Waals surface area contributed by atoms with Crippen molar-refractivity contribution in [3.05, 3.63) is 30.3 Å². The number of piperazine rings is 1. The molecule has 1 N–H and O–H groups in total. The lowest BCUT2D eigenvalue weighted by molar-refractivity contribution is -0.174. The summed E-state index contributed by atoms with van der Waals surface area (Å²) in [5, 5.41) is 2.94. The Bertz CT molecular complexity index is 747. The highest BCUT2D eigenvalue weighted by Crippen LogP contribution is 2.20. The number of amides is 2. The molecule has 1 aromatic carbocycles. The van der Waals surface area contributed by atoms with Crippen LogP contribution in [0.3, 0.4) is 0 Å². The first-order valence-corrected chi connectivity index (χ1v) is 11.5. The molecule has 33 heavy (non-hydrogen) atoms. The lowest BCUT2D eigenvalue weighted by atomic mass is 9.95. The van der Waals surface area contributed by atoms with Crippen LogP contribution in [0.4, 0.5) is 18.9 Å². The molecule has 0 aliphatic carbocycles. The normalized spacial score (nSPS) is 18.9. The third kappa shape index (κ3) is 8.94. The standard InChI is InChI=1S/C23H33F3N4O3/c24-23(25,26)18-33-16-4-9-28-12-14-29(15-13-28)17-21(31)30-10-7-19(8-11-30)22(32)27-20-5-2-1-3-6-20/h1-3,5-6,19H,4,7-18H2,(H,27,32). The zero-order chi connectivity index (χ0) is 23.7. The smallest absolute Gasteiger partial charge is 0.372 e. The summed E-state index contributed by atoms with van der Waals surface area (Å²) in [5.74, 6) is 0.0112. The first-order valence-electron chi connectivity index (χ1n) is 11.5. The molecule has 1 aromatic rings. The number of hydrogen-bond acceptors (Lipinski definition) is 5. The molecule has 10 heteroatoms. The molecule has 0 unspecified atom stereocenters. The molecule has 0 spiro atoms. The molecule has 2 heterocycles.